The van der Waals surface area contributed by atoms with Gasteiger partial charge < -0.3 is 5.11 Å². The second-order valence-corrected chi connectivity index (χ2v) is 5.41. The van der Waals surface area contributed by atoms with Gasteiger partial charge in [-0.25, -0.2) is 4.98 Å². The lowest BCUT2D eigenvalue weighted by Crippen LogP contribution is -1.84. The largest absolute Gasteiger partial charge is 0.506 e. The van der Waals surface area contributed by atoms with Crippen molar-refractivity contribution >= 4 is 32.5 Å². The summed E-state index contributed by atoms with van der Waals surface area (Å²) in [5, 5.41) is 11.9. The molecule has 0 fully saturated rings. The summed E-state index contributed by atoms with van der Waals surface area (Å²) in [6.07, 6.45) is 1.68. The van der Waals surface area contributed by atoms with E-state index in [1.807, 2.05) is 12.1 Å². The van der Waals surface area contributed by atoms with E-state index in [1.165, 1.54) is 0 Å². The van der Waals surface area contributed by atoms with Crippen molar-refractivity contribution in [3.05, 3.63) is 29.4 Å². The van der Waals surface area contributed by atoms with Crippen LogP contribution in [-0.2, 0) is 0 Å². The van der Waals surface area contributed by atoms with Gasteiger partial charge in [0.2, 0.25) is 0 Å². The van der Waals surface area contributed by atoms with E-state index in [0.29, 0.717) is 11.4 Å². The molecule has 2 aromatic heterocycles. The van der Waals surface area contributed by atoms with Crippen molar-refractivity contribution in [3.63, 3.8) is 0 Å². The lowest BCUT2D eigenvalue weighted by molar-refractivity contribution is 0.481. The summed E-state index contributed by atoms with van der Waals surface area (Å²) >= 11 is 1.64. The number of aromatic hydroxyl groups is 1. The number of phenols is 1. The fourth-order valence-electron chi connectivity index (χ4n) is 1.88. The van der Waals surface area contributed by atoms with Crippen LogP contribution in [-0.4, -0.2) is 15.1 Å². The maximum Gasteiger partial charge on any atom is 0.143 e. The molecule has 0 aliphatic heterocycles. The van der Waals surface area contributed by atoms with Gasteiger partial charge in [0.1, 0.15) is 11.3 Å². The van der Waals surface area contributed by atoms with E-state index < -0.39 is 0 Å². The number of rotatable bonds is 1. The predicted octanol–water partition coefficient (Wildman–Crippen LogP) is 3.67. The Kier molecular flexibility index (Phi) is 2.26. The van der Waals surface area contributed by atoms with E-state index in [0.717, 1.165) is 20.6 Å². The quantitative estimate of drug-likeness (QED) is 0.710. The molecule has 0 unspecified atom stereocenters. The molecule has 4 heteroatoms. The molecule has 0 saturated heterocycles. The lowest BCUT2D eigenvalue weighted by atomic mass is 10.2. The zero-order chi connectivity index (χ0) is 12.0. The van der Waals surface area contributed by atoms with Crippen molar-refractivity contribution in [1.82, 2.24) is 9.97 Å². The zero-order valence-electron chi connectivity index (χ0n) is 9.64. The topological polar surface area (TPSA) is 46.0 Å². The van der Waals surface area contributed by atoms with Gasteiger partial charge in [-0.15, -0.1) is 11.3 Å². The summed E-state index contributed by atoms with van der Waals surface area (Å²) in [5.41, 5.74) is 1.57. The molecular weight excluding hydrogens is 232 g/mol. The van der Waals surface area contributed by atoms with E-state index in [1.54, 1.807) is 23.6 Å². The van der Waals surface area contributed by atoms with Crippen LogP contribution >= 0.6 is 11.3 Å². The van der Waals surface area contributed by atoms with Gasteiger partial charge in [0.15, 0.2) is 0 Å². The Balaban J connectivity index is 2.46. The van der Waals surface area contributed by atoms with E-state index in [9.17, 15) is 5.11 Å². The molecule has 2 heterocycles. The van der Waals surface area contributed by atoms with Crippen molar-refractivity contribution in [2.45, 2.75) is 19.8 Å². The van der Waals surface area contributed by atoms with Gasteiger partial charge in [-0.3, -0.25) is 4.98 Å². The minimum Gasteiger partial charge on any atom is -0.506 e. The highest BCUT2D eigenvalue weighted by Crippen LogP contribution is 2.35. The number of fused-ring (bicyclic) bond motifs is 3. The lowest BCUT2D eigenvalue weighted by Gasteiger charge is -1.99. The molecule has 1 aromatic carbocycles. The summed E-state index contributed by atoms with van der Waals surface area (Å²) in [7, 11) is 0. The van der Waals surface area contributed by atoms with Gasteiger partial charge >= 0.3 is 0 Å². The fourth-order valence-corrected chi connectivity index (χ4v) is 2.90. The Morgan fingerprint density at radius 2 is 2.12 bits per heavy atom. The highest BCUT2D eigenvalue weighted by Gasteiger charge is 2.13. The number of nitrogens with zero attached hydrogens (tertiary/aromatic N) is 2. The molecule has 0 radical (unpaired) electrons. The summed E-state index contributed by atoms with van der Waals surface area (Å²) in [5.74, 6) is 0.633. The molecule has 86 valence electrons. The van der Waals surface area contributed by atoms with Gasteiger partial charge in [0, 0.05) is 23.6 Å². The van der Waals surface area contributed by atoms with Crippen molar-refractivity contribution in [2.75, 3.05) is 0 Å². The first-order chi connectivity index (χ1) is 8.16. The van der Waals surface area contributed by atoms with Crippen molar-refractivity contribution < 1.29 is 5.11 Å². The number of hydrogen-bond donors (Lipinski definition) is 1. The molecule has 17 heavy (non-hydrogen) atoms. The molecule has 0 saturated carbocycles. The molecular formula is C13H12N2OS. The maximum atomic E-state index is 9.93. The fraction of sp³-hybridized carbons (Fsp3) is 0.231. The Hall–Kier alpha value is -1.68. The highest BCUT2D eigenvalue weighted by atomic mass is 32.1. The average molecular weight is 244 g/mol. The van der Waals surface area contributed by atoms with E-state index in [4.69, 9.17) is 0 Å². The van der Waals surface area contributed by atoms with Gasteiger partial charge in [0.05, 0.1) is 15.2 Å². The van der Waals surface area contributed by atoms with Crippen LogP contribution < -0.4 is 0 Å². The van der Waals surface area contributed by atoms with Crippen LogP contribution in [0.1, 0.15) is 24.8 Å². The minimum absolute atomic E-state index is 0.229. The molecule has 0 aliphatic rings. The van der Waals surface area contributed by atoms with Crippen LogP contribution in [0.15, 0.2) is 24.4 Å². The normalized spacial score (nSPS) is 11.7. The number of pyridine rings is 1. The molecule has 0 aliphatic carbocycles. The maximum absolute atomic E-state index is 9.93. The summed E-state index contributed by atoms with van der Waals surface area (Å²) in [4.78, 5) is 8.85. The molecule has 0 spiro atoms. The van der Waals surface area contributed by atoms with Crippen LogP contribution in [0.3, 0.4) is 0 Å². The number of aromatic nitrogens is 2. The summed E-state index contributed by atoms with van der Waals surface area (Å²) in [6.45, 7) is 4.25. The molecule has 1 N–H and O–H groups in total. The number of benzene rings is 1. The number of thiazole rings is 1. The molecule has 0 bridgehead atoms. The summed E-state index contributed by atoms with van der Waals surface area (Å²) < 4.78 is 1.02. The van der Waals surface area contributed by atoms with Crippen molar-refractivity contribution in [1.29, 1.82) is 0 Å². The molecule has 0 amide bonds. The van der Waals surface area contributed by atoms with E-state index in [-0.39, 0.29) is 5.75 Å². The average Bonchev–Trinajstić information content (AvgIpc) is 2.73. The predicted molar refractivity (Wildman–Crippen MR) is 70.7 cm³/mol. The van der Waals surface area contributed by atoms with Gasteiger partial charge in [0.25, 0.3) is 0 Å². The highest BCUT2D eigenvalue weighted by molar-refractivity contribution is 7.18. The minimum atomic E-state index is 0.229. The van der Waals surface area contributed by atoms with Crippen LogP contribution in [0.25, 0.3) is 21.1 Å². The second kappa shape index (κ2) is 3.67. The van der Waals surface area contributed by atoms with Crippen molar-refractivity contribution in [3.8, 4) is 5.75 Å². The molecule has 0 atom stereocenters. The van der Waals surface area contributed by atoms with Crippen LogP contribution in [0, 0.1) is 0 Å². The van der Waals surface area contributed by atoms with E-state index >= 15 is 0 Å². The Morgan fingerprint density at radius 3 is 2.88 bits per heavy atom. The Labute approximate surface area is 103 Å². The van der Waals surface area contributed by atoms with Gasteiger partial charge in [-0.1, -0.05) is 13.8 Å². The molecule has 3 aromatic rings. The standard InChI is InChI=1S/C13H12N2OS/c1-7(2)13-15-12-8-4-3-5-14-11(8)9(16)6-10(12)17-13/h3-7,16H,1-2H3. The third kappa shape index (κ3) is 1.56. The number of hydrogen-bond acceptors (Lipinski definition) is 4. The van der Waals surface area contributed by atoms with Crippen molar-refractivity contribution in [2.24, 2.45) is 0 Å². The zero-order valence-corrected chi connectivity index (χ0v) is 10.5. The van der Waals surface area contributed by atoms with Gasteiger partial charge in [-0.05, 0) is 12.1 Å². The Bertz CT molecular complexity index is 703. The SMILES string of the molecule is CC(C)c1nc2c(cc(O)c3ncccc32)s1. The van der Waals surface area contributed by atoms with E-state index in [2.05, 4.69) is 23.8 Å². The third-order valence-electron chi connectivity index (χ3n) is 2.74. The first kappa shape index (κ1) is 10.5. The third-order valence-corrected chi connectivity index (χ3v) is 4.04. The first-order valence-corrected chi connectivity index (χ1v) is 6.35. The smallest absolute Gasteiger partial charge is 0.143 e. The van der Waals surface area contributed by atoms with Crippen LogP contribution in [0.5, 0.6) is 5.75 Å². The summed E-state index contributed by atoms with van der Waals surface area (Å²) in [6, 6.07) is 5.58. The van der Waals surface area contributed by atoms with Crippen LogP contribution in [0.4, 0.5) is 0 Å². The Morgan fingerprint density at radius 1 is 1.29 bits per heavy atom. The monoisotopic (exact) mass is 244 g/mol. The van der Waals surface area contributed by atoms with Gasteiger partial charge in [-0.2, -0.15) is 0 Å². The first-order valence-electron chi connectivity index (χ1n) is 5.54. The van der Waals surface area contributed by atoms with Crippen LogP contribution in [0.2, 0.25) is 0 Å². The second-order valence-electron chi connectivity index (χ2n) is 4.35. The molecule has 3 rings (SSSR count). The number of phenolic OH excluding ortho intramolecular Hbond substituents is 1. The molecule has 3 nitrogen and oxygen atoms in total.